The first-order valence-corrected chi connectivity index (χ1v) is 11.8. The van der Waals surface area contributed by atoms with Gasteiger partial charge in [0.05, 0.1) is 41.2 Å². The van der Waals surface area contributed by atoms with E-state index in [0.29, 0.717) is 36.3 Å². The monoisotopic (exact) mass is 492 g/mol. The summed E-state index contributed by atoms with van der Waals surface area (Å²) < 4.78 is 38.0. The molecule has 3 N–H and O–H groups in total. The third-order valence-electron chi connectivity index (χ3n) is 6.43. The van der Waals surface area contributed by atoms with Crippen LogP contribution in [0, 0.1) is 5.82 Å². The molecule has 0 radical (unpaired) electrons. The molecular formula is C23H27ClF2N6O2. The summed E-state index contributed by atoms with van der Waals surface area (Å²) in [5.74, 6) is -0.0846. The summed E-state index contributed by atoms with van der Waals surface area (Å²) in [6.45, 7) is 5.26. The van der Waals surface area contributed by atoms with E-state index in [1.54, 1.807) is 10.6 Å². The van der Waals surface area contributed by atoms with Crippen LogP contribution in [0.5, 0.6) is 0 Å². The van der Waals surface area contributed by atoms with Gasteiger partial charge in [-0.15, -0.1) is 0 Å². The van der Waals surface area contributed by atoms with Crippen molar-refractivity contribution >= 4 is 28.6 Å². The maximum atomic E-state index is 15.7. The number of hydrogen-bond acceptors (Lipinski definition) is 7. The molecule has 0 unspecified atom stereocenters. The molecule has 1 aromatic carbocycles. The molecule has 2 aromatic heterocycles. The van der Waals surface area contributed by atoms with Gasteiger partial charge < -0.3 is 25.0 Å². The molecule has 2 aliphatic heterocycles. The van der Waals surface area contributed by atoms with Gasteiger partial charge in [-0.1, -0.05) is 11.6 Å². The fraction of sp³-hybridized carbons (Fsp3) is 0.522. The van der Waals surface area contributed by atoms with Gasteiger partial charge in [0.1, 0.15) is 11.3 Å². The Morgan fingerprint density at radius 2 is 2.18 bits per heavy atom. The number of hydrogen-bond donors (Lipinski definition) is 3. The van der Waals surface area contributed by atoms with Crippen molar-refractivity contribution in [1.29, 1.82) is 0 Å². The van der Waals surface area contributed by atoms with Crippen LogP contribution in [-0.2, 0) is 10.4 Å². The van der Waals surface area contributed by atoms with Crippen LogP contribution in [0.25, 0.3) is 22.3 Å². The van der Waals surface area contributed by atoms with Gasteiger partial charge in [0, 0.05) is 31.2 Å². The zero-order valence-corrected chi connectivity index (χ0v) is 19.7. The Labute approximate surface area is 200 Å². The minimum Gasteiger partial charge on any atom is -0.389 e. The van der Waals surface area contributed by atoms with Crippen LogP contribution in [-0.4, -0.2) is 63.1 Å². The van der Waals surface area contributed by atoms with Gasteiger partial charge in [0.15, 0.2) is 11.5 Å². The number of aliphatic hydroxyl groups is 1. The van der Waals surface area contributed by atoms with Crippen LogP contribution in [0.3, 0.4) is 0 Å². The first kappa shape index (κ1) is 23.3. The average Bonchev–Trinajstić information content (AvgIpc) is 3.42. The number of halogens is 3. The quantitative estimate of drug-likeness (QED) is 0.501. The molecule has 3 atom stereocenters. The topological polar surface area (TPSA) is 97.1 Å². The molecular weight excluding hydrogens is 466 g/mol. The molecule has 3 aromatic rings. The maximum absolute atomic E-state index is 15.7. The highest BCUT2D eigenvalue weighted by Crippen LogP contribution is 2.38. The molecule has 2 fully saturated rings. The molecule has 4 heterocycles. The van der Waals surface area contributed by atoms with Crippen molar-refractivity contribution in [3.63, 3.8) is 0 Å². The van der Waals surface area contributed by atoms with Crippen LogP contribution >= 0.6 is 11.6 Å². The van der Waals surface area contributed by atoms with E-state index in [1.165, 1.54) is 12.3 Å². The lowest BCUT2D eigenvalue weighted by molar-refractivity contribution is -0.0136. The molecule has 34 heavy (non-hydrogen) atoms. The van der Waals surface area contributed by atoms with Gasteiger partial charge in [-0.3, -0.25) is 0 Å². The number of benzene rings is 1. The Morgan fingerprint density at radius 3 is 2.88 bits per heavy atom. The number of imidazole rings is 1. The average molecular weight is 493 g/mol. The lowest BCUT2D eigenvalue weighted by atomic mass is 10.0. The van der Waals surface area contributed by atoms with Crippen molar-refractivity contribution in [3.05, 3.63) is 35.0 Å². The second-order valence-corrected chi connectivity index (χ2v) is 9.60. The summed E-state index contributed by atoms with van der Waals surface area (Å²) >= 11 is 6.40. The number of aromatic nitrogens is 4. The Kier molecular flexibility index (Phi) is 6.18. The standard InChI is InChI=1S/C23H27ClF2N6O2/c1-12(2)32-17-8-13(7-15(25)20(17)30-21(32)23(26)4-5-27-11-23)19-14(24)9-28-22(31-19)29-16-3-6-34-10-18(16)33/h7-9,12,16,18,27,33H,3-6,10-11H2,1-2H3,(H,28,29,31)/t16-,18-,23+/m1/s1. The van der Waals surface area contributed by atoms with Crippen LogP contribution in [0.2, 0.25) is 5.02 Å². The van der Waals surface area contributed by atoms with Crippen LogP contribution in [0.1, 0.15) is 38.6 Å². The fourth-order valence-corrected chi connectivity index (χ4v) is 4.88. The first-order chi connectivity index (χ1) is 16.3. The second kappa shape index (κ2) is 8.99. The van der Waals surface area contributed by atoms with E-state index in [9.17, 15) is 5.11 Å². The molecule has 2 aliphatic rings. The molecule has 0 aliphatic carbocycles. The van der Waals surface area contributed by atoms with Crippen molar-refractivity contribution in [2.45, 2.75) is 50.5 Å². The zero-order valence-electron chi connectivity index (χ0n) is 19.0. The normalized spacial score (nSPS) is 25.4. The van der Waals surface area contributed by atoms with Gasteiger partial charge in [0.2, 0.25) is 5.95 Å². The summed E-state index contributed by atoms with van der Waals surface area (Å²) in [6, 6.07) is 2.63. The van der Waals surface area contributed by atoms with E-state index in [1.807, 2.05) is 13.8 Å². The van der Waals surface area contributed by atoms with Gasteiger partial charge in [0.25, 0.3) is 0 Å². The highest BCUT2D eigenvalue weighted by molar-refractivity contribution is 6.33. The Morgan fingerprint density at radius 1 is 1.35 bits per heavy atom. The van der Waals surface area contributed by atoms with Gasteiger partial charge in [-0.2, -0.15) is 0 Å². The van der Waals surface area contributed by atoms with Crippen LogP contribution in [0.15, 0.2) is 18.3 Å². The van der Waals surface area contributed by atoms with E-state index in [-0.39, 0.29) is 54.0 Å². The van der Waals surface area contributed by atoms with Crippen molar-refractivity contribution in [3.8, 4) is 11.3 Å². The van der Waals surface area contributed by atoms with Gasteiger partial charge in [-0.05, 0) is 38.9 Å². The Bertz CT molecular complexity index is 1210. The van der Waals surface area contributed by atoms with Crippen molar-refractivity contribution in [1.82, 2.24) is 24.8 Å². The molecule has 8 nitrogen and oxygen atoms in total. The maximum Gasteiger partial charge on any atom is 0.223 e. The highest BCUT2D eigenvalue weighted by Gasteiger charge is 2.41. The Hall–Kier alpha value is -2.40. The predicted octanol–water partition coefficient (Wildman–Crippen LogP) is 3.59. The largest absolute Gasteiger partial charge is 0.389 e. The summed E-state index contributed by atoms with van der Waals surface area (Å²) in [5.41, 5.74) is -0.307. The molecule has 0 saturated carbocycles. The van der Waals surface area contributed by atoms with E-state index < -0.39 is 17.6 Å². The van der Waals surface area contributed by atoms with E-state index >= 15 is 8.78 Å². The van der Waals surface area contributed by atoms with E-state index in [0.717, 1.165) is 0 Å². The minimum absolute atomic E-state index is 0.116. The molecule has 2 saturated heterocycles. The fourth-order valence-electron chi connectivity index (χ4n) is 4.68. The number of nitrogens with zero attached hydrogens (tertiary/aromatic N) is 4. The van der Waals surface area contributed by atoms with Crippen molar-refractivity contribution in [2.75, 3.05) is 31.6 Å². The SMILES string of the molecule is CC(C)n1c([C@]2(F)CCNC2)nc2c(F)cc(-c3nc(N[C@@H]4CCOC[C@H]4O)ncc3Cl)cc21. The highest BCUT2D eigenvalue weighted by atomic mass is 35.5. The summed E-state index contributed by atoms with van der Waals surface area (Å²) in [7, 11) is 0. The van der Waals surface area contributed by atoms with Gasteiger partial charge in [-0.25, -0.2) is 23.7 Å². The third kappa shape index (κ3) is 4.13. The molecule has 0 bridgehead atoms. The molecule has 0 amide bonds. The van der Waals surface area contributed by atoms with Crippen LogP contribution in [0.4, 0.5) is 14.7 Å². The number of anilines is 1. The van der Waals surface area contributed by atoms with Crippen molar-refractivity contribution < 1.29 is 18.6 Å². The lowest BCUT2D eigenvalue weighted by Gasteiger charge is -2.28. The smallest absolute Gasteiger partial charge is 0.223 e. The predicted molar refractivity (Wildman–Crippen MR) is 125 cm³/mol. The van der Waals surface area contributed by atoms with Gasteiger partial charge >= 0.3 is 0 Å². The lowest BCUT2D eigenvalue weighted by Crippen LogP contribution is -2.42. The summed E-state index contributed by atoms with van der Waals surface area (Å²) in [4.78, 5) is 13.1. The van der Waals surface area contributed by atoms with Crippen molar-refractivity contribution in [2.24, 2.45) is 0 Å². The van der Waals surface area contributed by atoms with E-state index in [2.05, 4.69) is 25.6 Å². The second-order valence-electron chi connectivity index (χ2n) is 9.19. The zero-order chi connectivity index (χ0) is 24.0. The van der Waals surface area contributed by atoms with Crippen LogP contribution < -0.4 is 10.6 Å². The first-order valence-electron chi connectivity index (χ1n) is 11.4. The number of rotatable bonds is 5. The number of nitrogens with one attached hydrogen (secondary N) is 2. The number of fused-ring (bicyclic) bond motifs is 1. The van der Waals surface area contributed by atoms with E-state index in [4.69, 9.17) is 16.3 Å². The molecule has 0 spiro atoms. The Balaban J connectivity index is 1.58. The number of ether oxygens (including phenoxy) is 1. The minimum atomic E-state index is -1.66. The molecule has 11 heteroatoms. The molecule has 5 rings (SSSR count). The molecule has 182 valence electrons. The summed E-state index contributed by atoms with van der Waals surface area (Å²) in [6.07, 6.45) is 1.62. The number of alkyl halides is 1. The number of aliphatic hydroxyl groups excluding tert-OH is 1. The third-order valence-corrected chi connectivity index (χ3v) is 6.70. The summed E-state index contributed by atoms with van der Waals surface area (Å²) in [5, 5.41) is 16.6.